The molecular formula is C12H13Cl2NO2. The predicted octanol–water partition coefficient (Wildman–Crippen LogP) is 3.09. The molecule has 0 aliphatic carbocycles. The fraction of sp³-hybridized carbons (Fsp3) is 0.333. The second-order valence-corrected chi connectivity index (χ2v) is 4.43. The van der Waals surface area contributed by atoms with Crippen molar-refractivity contribution >= 4 is 34.9 Å². The van der Waals surface area contributed by atoms with Gasteiger partial charge in [-0.2, -0.15) is 0 Å². The molecule has 5 heteroatoms. The Morgan fingerprint density at radius 1 is 1.29 bits per heavy atom. The molecule has 0 aliphatic heterocycles. The van der Waals surface area contributed by atoms with Crippen molar-refractivity contribution in [1.82, 2.24) is 5.32 Å². The molecule has 3 nitrogen and oxygen atoms in total. The number of hydrogen-bond donors (Lipinski definition) is 1. The number of carbonyl (C=O) groups excluding carboxylic acids is 2. The van der Waals surface area contributed by atoms with Crippen LogP contribution in [-0.2, 0) is 4.79 Å². The highest BCUT2D eigenvalue weighted by molar-refractivity contribution is 6.39. The maximum atomic E-state index is 11.9. The van der Waals surface area contributed by atoms with Crippen LogP contribution in [0.5, 0.6) is 0 Å². The molecule has 0 fully saturated rings. The Kier molecular flexibility index (Phi) is 4.97. The second-order valence-electron chi connectivity index (χ2n) is 3.61. The predicted molar refractivity (Wildman–Crippen MR) is 68.7 cm³/mol. The van der Waals surface area contributed by atoms with Gasteiger partial charge in [-0.3, -0.25) is 9.59 Å². The van der Waals surface area contributed by atoms with E-state index in [9.17, 15) is 9.59 Å². The van der Waals surface area contributed by atoms with Crippen molar-refractivity contribution in [3.8, 4) is 0 Å². The summed E-state index contributed by atoms with van der Waals surface area (Å²) >= 11 is 11.8. The van der Waals surface area contributed by atoms with Gasteiger partial charge < -0.3 is 5.32 Å². The summed E-state index contributed by atoms with van der Waals surface area (Å²) in [7, 11) is 0. The van der Waals surface area contributed by atoms with Gasteiger partial charge in [0.25, 0.3) is 5.91 Å². The molecule has 0 spiro atoms. The van der Waals surface area contributed by atoms with Crippen LogP contribution in [0.2, 0.25) is 10.0 Å². The quantitative estimate of drug-likeness (QED) is 0.917. The number of amides is 1. The van der Waals surface area contributed by atoms with Crippen LogP contribution >= 0.6 is 23.2 Å². The molecule has 0 radical (unpaired) electrons. The smallest absolute Gasteiger partial charge is 0.254 e. The molecule has 1 aromatic carbocycles. The molecule has 0 saturated carbocycles. The average molecular weight is 274 g/mol. The van der Waals surface area contributed by atoms with E-state index in [0.29, 0.717) is 6.42 Å². The summed E-state index contributed by atoms with van der Waals surface area (Å²) < 4.78 is 0. The number of nitrogens with one attached hydrogen (secondary N) is 1. The van der Waals surface area contributed by atoms with Crippen LogP contribution in [0.25, 0.3) is 0 Å². The third-order valence-electron chi connectivity index (χ3n) is 2.37. The van der Waals surface area contributed by atoms with Crippen molar-refractivity contribution in [2.75, 3.05) is 0 Å². The SMILES string of the molecule is CCC(=O)C(C)NC(=O)c1c(Cl)cccc1Cl. The van der Waals surface area contributed by atoms with Crippen LogP contribution in [0, 0.1) is 0 Å². The van der Waals surface area contributed by atoms with Gasteiger partial charge in [-0.1, -0.05) is 36.2 Å². The first-order chi connectivity index (χ1) is 7.97. The van der Waals surface area contributed by atoms with Crippen LogP contribution in [-0.4, -0.2) is 17.7 Å². The van der Waals surface area contributed by atoms with E-state index >= 15 is 0 Å². The topological polar surface area (TPSA) is 46.2 Å². The van der Waals surface area contributed by atoms with E-state index in [0.717, 1.165) is 0 Å². The normalized spacial score (nSPS) is 12.0. The molecule has 0 heterocycles. The first-order valence-corrected chi connectivity index (χ1v) is 6.00. The van der Waals surface area contributed by atoms with Gasteiger partial charge in [0.05, 0.1) is 21.7 Å². The van der Waals surface area contributed by atoms with Crippen LogP contribution < -0.4 is 5.32 Å². The summed E-state index contributed by atoms with van der Waals surface area (Å²) in [5.74, 6) is -0.476. The fourth-order valence-corrected chi connectivity index (χ4v) is 1.94. The number of Topliss-reactive ketones (excluding diaryl/α,β-unsaturated/α-hetero) is 1. The Bertz CT molecular complexity index is 426. The zero-order valence-electron chi connectivity index (χ0n) is 9.59. The Hall–Kier alpha value is -1.06. The van der Waals surface area contributed by atoms with Crippen molar-refractivity contribution in [3.05, 3.63) is 33.8 Å². The lowest BCUT2D eigenvalue weighted by Gasteiger charge is -2.13. The van der Waals surface area contributed by atoms with Crippen molar-refractivity contribution < 1.29 is 9.59 Å². The molecule has 1 unspecified atom stereocenters. The summed E-state index contributed by atoms with van der Waals surface area (Å²) in [5.41, 5.74) is 0.201. The van der Waals surface area contributed by atoms with E-state index in [1.165, 1.54) is 0 Å². The number of rotatable bonds is 4. The molecule has 0 bridgehead atoms. The zero-order valence-corrected chi connectivity index (χ0v) is 11.1. The molecule has 1 aromatic rings. The van der Waals surface area contributed by atoms with Gasteiger partial charge in [0.2, 0.25) is 0 Å². The lowest BCUT2D eigenvalue weighted by Crippen LogP contribution is -2.38. The molecule has 1 rings (SSSR count). The first kappa shape index (κ1) is 14.0. The van der Waals surface area contributed by atoms with Crippen molar-refractivity contribution in [2.24, 2.45) is 0 Å². The van der Waals surface area contributed by atoms with Gasteiger partial charge in [0, 0.05) is 6.42 Å². The highest BCUT2D eigenvalue weighted by atomic mass is 35.5. The Morgan fingerprint density at radius 3 is 2.29 bits per heavy atom. The Labute approximate surface area is 110 Å². The molecule has 92 valence electrons. The van der Waals surface area contributed by atoms with Crippen LogP contribution in [0.15, 0.2) is 18.2 Å². The molecule has 0 aliphatic rings. The molecule has 17 heavy (non-hydrogen) atoms. The van der Waals surface area contributed by atoms with E-state index in [4.69, 9.17) is 23.2 Å². The minimum Gasteiger partial charge on any atom is -0.342 e. The fourth-order valence-electron chi connectivity index (χ4n) is 1.37. The van der Waals surface area contributed by atoms with Crippen molar-refractivity contribution in [1.29, 1.82) is 0 Å². The minimum absolute atomic E-state index is 0.0403. The van der Waals surface area contributed by atoms with Gasteiger partial charge in [0.1, 0.15) is 0 Å². The van der Waals surface area contributed by atoms with Gasteiger partial charge in [-0.25, -0.2) is 0 Å². The van der Waals surface area contributed by atoms with E-state index in [1.54, 1.807) is 32.0 Å². The molecule has 0 saturated heterocycles. The first-order valence-electron chi connectivity index (χ1n) is 5.25. The molecule has 1 N–H and O–H groups in total. The second kappa shape index (κ2) is 6.03. The summed E-state index contributed by atoms with van der Waals surface area (Å²) in [4.78, 5) is 23.3. The highest BCUT2D eigenvalue weighted by Crippen LogP contribution is 2.24. The lowest BCUT2D eigenvalue weighted by atomic mass is 10.1. The number of halogens is 2. The zero-order chi connectivity index (χ0) is 13.0. The van der Waals surface area contributed by atoms with Gasteiger partial charge in [-0.15, -0.1) is 0 Å². The Morgan fingerprint density at radius 2 is 1.82 bits per heavy atom. The highest BCUT2D eigenvalue weighted by Gasteiger charge is 2.19. The summed E-state index contributed by atoms with van der Waals surface area (Å²) in [6, 6.07) is 4.27. The number of carbonyl (C=O) groups is 2. The maximum absolute atomic E-state index is 11.9. The largest absolute Gasteiger partial charge is 0.342 e. The van der Waals surface area contributed by atoms with E-state index in [-0.39, 0.29) is 21.4 Å². The summed E-state index contributed by atoms with van der Waals surface area (Å²) in [5, 5.41) is 3.11. The van der Waals surface area contributed by atoms with E-state index in [1.807, 2.05) is 0 Å². The third kappa shape index (κ3) is 3.45. The minimum atomic E-state index is -0.542. The molecular weight excluding hydrogens is 261 g/mol. The molecule has 1 amide bonds. The third-order valence-corrected chi connectivity index (χ3v) is 3.00. The van der Waals surface area contributed by atoms with Gasteiger partial charge >= 0.3 is 0 Å². The van der Waals surface area contributed by atoms with Crippen molar-refractivity contribution in [2.45, 2.75) is 26.3 Å². The number of hydrogen-bond acceptors (Lipinski definition) is 2. The molecule has 1 atom stereocenters. The standard InChI is InChI=1S/C12H13Cl2NO2/c1-3-10(16)7(2)15-12(17)11-8(13)5-4-6-9(11)14/h4-7H,3H2,1-2H3,(H,15,17). The maximum Gasteiger partial charge on any atom is 0.254 e. The van der Waals surface area contributed by atoms with E-state index < -0.39 is 11.9 Å². The summed E-state index contributed by atoms with van der Waals surface area (Å²) in [6.45, 7) is 3.38. The van der Waals surface area contributed by atoms with Gasteiger partial charge in [-0.05, 0) is 19.1 Å². The van der Waals surface area contributed by atoms with Crippen LogP contribution in [0.3, 0.4) is 0 Å². The van der Waals surface area contributed by atoms with Crippen LogP contribution in [0.1, 0.15) is 30.6 Å². The Balaban J connectivity index is 2.87. The average Bonchev–Trinajstić information content (AvgIpc) is 2.27. The number of ketones is 1. The van der Waals surface area contributed by atoms with E-state index in [2.05, 4.69) is 5.32 Å². The molecule has 0 aromatic heterocycles. The monoisotopic (exact) mass is 273 g/mol. The summed E-state index contributed by atoms with van der Waals surface area (Å²) in [6.07, 6.45) is 0.373. The van der Waals surface area contributed by atoms with Crippen LogP contribution in [0.4, 0.5) is 0 Å². The van der Waals surface area contributed by atoms with Crippen molar-refractivity contribution in [3.63, 3.8) is 0 Å². The van der Waals surface area contributed by atoms with Gasteiger partial charge in [0.15, 0.2) is 5.78 Å². The lowest BCUT2D eigenvalue weighted by molar-refractivity contribution is -0.120. The number of benzene rings is 1.